The number of aromatic nitrogens is 2. The third-order valence-corrected chi connectivity index (χ3v) is 2.46. The number of halogens is 1. The Kier molecular flexibility index (Phi) is 6.26. The number of hydrogen-bond donors (Lipinski definition) is 0. The standard InChI is InChI=1S/C12H20BrN3O/c1-4-8-16(9-6-13)12-14-7-5-11(15-12)17-10(2)3/h5,7,10H,4,6,8-9H2,1-3H3. The fourth-order valence-corrected chi connectivity index (χ4v) is 1.90. The summed E-state index contributed by atoms with van der Waals surface area (Å²) in [5, 5.41) is 0.908. The second kappa shape index (κ2) is 7.48. The third kappa shape index (κ3) is 4.89. The fraction of sp³-hybridized carbons (Fsp3) is 0.667. The average molecular weight is 302 g/mol. The van der Waals surface area contributed by atoms with E-state index in [9.17, 15) is 0 Å². The van der Waals surface area contributed by atoms with E-state index >= 15 is 0 Å². The van der Waals surface area contributed by atoms with Crippen LogP contribution in [-0.4, -0.2) is 34.5 Å². The Morgan fingerprint density at radius 3 is 2.76 bits per heavy atom. The lowest BCUT2D eigenvalue weighted by Crippen LogP contribution is -2.28. The van der Waals surface area contributed by atoms with Gasteiger partial charge in [0.25, 0.3) is 0 Å². The van der Waals surface area contributed by atoms with Gasteiger partial charge in [0.15, 0.2) is 0 Å². The first-order valence-electron chi connectivity index (χ1n) is 5.98. The molecule has 1 heterocycles. The van der Waals surface area contributed by atoms with E-state index in [4.69, 9.17) is 4.74 Å². The molecule has 0 aliphatic heterocycles. The van der Waals surface area contributed by atoms with E-state index in [2.05, 4.69) is 37.7 Å². The van der Waals surface area contributed by atoms with E-state index in [1.807, 2.05) is 13.8 Å². The minimum Gasteiger partial charge on any atom is -0.475 e. The summed E-state index contributed by atoms with van der Waals surface area (Å²) in [6.07, 6.45) is 2.95. The second-order valence-electron chi connectivity index (χ2n) is 4.04. The molecule has 0 radical (unpaired) electrons. The molecule has 17 heavy (non-hydrogen) atoms. The van der Waals surface area contributed by atoms with Crippen LogP contribution in [0.5, 0.6) is 5.88 Å². The molecule has 0 aliphatic rings. The molecule has 0 bridgehead atoms. The minimum atomic E-state index is 0.133. The molecule has 0 atom stereocenters. The van der Waals surface area contributed by atoms with Crippen molar-refractivity contribution in [2.75, 3.05) is 23.3 Å². The Hall–Kier alpha value is -0.840. The van der Waals surface area contributed by atoms with Crippen molar-refractivity contribution in [3.8, 4) is 5.88 Å². The number of ether oxygens (including phenoxy) is 1. The third-order valence-electron chi connectivity index (χ3n) is 2.10. The molecule has 0 saturated heterocycles. The van der Waals surface area contributed by atoms with Gasteiger partial charge in [-0.05, 0) is 20.3 Å². The maximum atomic E-state index is 5.57. The summed E-state index contributed by atoms with van der Waals surface area (Å²) in [4.78, 5) is 10.9. The first-order valence-corrected chi connectivity index (χ1v) is 7.10. The van der Waals surface area contributed by atoms with E-state index in [-0.39, 0.29) is 6.10 Å². The lowest BCUT2D eigenvalue weighted by Gasteiger charge is -2.21. The highest BCUT2D eigenvalue weighted by Gasteiger charge is 2.09. The lowest BCUT2D eigenvalue weighted by atomic mass is 10.4. The van der Waals surface area contributed by atoms with Gasteiger partial charge in [0.1, 0.15) is 0 Å². The molecule has 96 valence electrons. The molecule has 1 aromatic heterocycles. The summed E-state index contributed by atoms with van der Waals surface area (Å²) >= 11 is 3.45. The van der Waals surface area contributed by atoms with Crippen molar-refractivity contribution in [2.24, 2.45) is 0 Å². The number of anilines is 1. The van der Waals surface area contributed by atoms with E-state index in [1.165, 1.54) is 0 Å². The van der Waals surface area contributed by atoms with Gasteiger partial charge >= 0.3 is 0 Å². The van der Waals surface area contributed by atoms with E-state index in [1.54, 1.807) is 12.3 Å². The first-order chi connectivity index (χ1) is 8.17. The van der Waals surface area contributed by atoms with Gasteiger partial charge in [-0.3, -0.25) is 0 Å². The Balaban J connectivity index is 2.79. The predicted octanol–water partition coefficient (Wildman–Crippen LogP) is 2.88. The van der Waals surface area contributed by atoms with Crippen molar-refractivity contribution in [2.45, 2.75) is 33.3 Å². The van der Waals surface area contributed by atoms with E-state index < -0.39 is 0 Å². The molecule has 4 nitrogen and oxygen atoms in total. The van der Waals surface area contributed by atoms with Crippen LogP contribution in [0.1, 0.15) is 27.2 Å². The number of alkyl halides is 1. The molecule has 1 rings (SSSR count). The summed E-state index contributed by atoms with van der Waals surface area (Å²) in [6.45, 7) is 7.99. The molecule has 0 aliphatic carbocycles. The van der Waals surface area contributed by atoms with Crippen LogP contribution >= 0.6 is 15.9 Å². The van der Waals surface area contributed by atoms with Crippen molar-refractivity contribution >= 4 is 21.9 Å². The molecular formula is C12H20BrN3O. The summed E-state index contributed by atoms with van der Waals surface area (Å²) in [5.74, 6) is 1.38. The zero-order valence-corrected chi connectivity index (χ0v) is 12.3. The SMILES string of the molecule is CCCN(CCBr)c1nccc(OC(C)C)n1. The van der Waals surface area contributed by atoms with Crippen LogP contribution in [0.4, 0.5) is 5.95 Å². The molecule has 0 saturated carbocycles. The second-order valence-corrected chi connectivity index (χ2v) is 4.83. The van der Waals surface area contributed by atoms with Gasteiger partial charge in [-0.2, -0.15) is 4.98 Å². The van der Waals surface area contributed by atoms with Crippen molar-refractivity contribution in [3.05, 3.63) is 12.3 Å². The van der Waals surface area contributed by atoms with Gasteiger partial charge < -0.3 is 9.64 Å². The van der Waals surface area contributed by atoms with Gasteiger partial charge in [0.2, 0.25) is 11.8 Å². The zero-order valence-electron chi connectivity index (χ0n) is 10.7. The first kappa shape index (κ1) is 14.2. The highest BCUT2D eigenvalue weighted by Crippen LogP contribution is 2.14. The Bertz CT molecular complexity index is 327. The fourth-order valence-electron chi connectivity index (χ4n) is 1.48. The molecule has 0 spiro atoms. The van der Waals surface area contributed by atoms with Crippen LogP contribution < -0.4 is 9.64 Å². The van der Waals surface area contributed by atoms with Crippen LogP contribution in [-0.2, 0) is 0 Å². The van der Waals surface area contributed by atoms with Crippen LogP contribution in [0.3, 0.4) is 0 Å². The Morgan fingerprint density at radius 1 is 1.41 bits per heavy atom. The molecule has 1 aromatic rings. The summed E-state index contributed by atoms with van der Waals surface area (Å²) in [7, 11) is 0. The Labute approximate surface area is 112 Å². The predicted molar refractivity (Wildman–Crippen MR) is 74.1 cm³/mol. The van der Waals surface area contributed by atoms with Crippen LogP contribution in [0.15, 0.2) is 12.3 Å². The van der Waals surface area contributed by atoms with Gasteiger partial charge in [0.05, 0.1) is 6.10 Å². The maximum Gasteiger partial charge on any atom is 0.228 e. The smallest absolute Gasteiger partial charge is 0.228 e. The number of rotatable bonds is 7. The van der Waals surface area contributed by atoms with Crippen LogP contribution in [0.2, 0.25) is 0 Å². The molecular weight excluding hydrogens is 282 g/mol. The highest BCUT2D eigenvalue weighted by molar-refractivity contribution is 9.09. The average Bonchev–Trinajstić information content (AvgIpc) is 2.28. The molecule has 0 N–H and O–H groups in total. The summed E-state index contributed by atoms with van der Waals surface area (Å²) in [5.41, 5.74) is 0. The van der Waals surface area contributed by atoms with Crippen molar-refractivity contribution in [1.82, 2.24) is 9.97 Å². The molecule has 0 aromatic carbocycles. The van der Waals surface area contributed by atoms with Crippen molar-refractivity contribution in [3.63, 3.8) is 0 Å². The van der Waals surface area contributed by atoms with Gasteiger partial charge in [-0.15, -0.1) is 0 Å². The van der Waals surface area contributed by atoms with Gasteiger partial charge in [-0.25, -0.2) is 4.98 Å². The molecule has 0 fully saturated rings. The Morgan fingerprint density at radius 2 is 2.18 bits per heavy atom. The minimum absolute atomic E-state index is 0.133. The lowest BCUT2D eigenvalue weighted by molar-refractivity contribution is 0.232. The highest BCUT2D eigenvalue weighted by atomic mass is 79.9. The quantitative estimate of drug-likeness (QED) is 0.726. The summed E-state index contributed by atoms with van der Waals surface area (Å²) < 4.78 is 5.57. The van der Waals surface area contributed by atoms with E-state index in [0.29, 0.717) is 5.88 Å². The van der Waals surface area contributed by atoms with Gasteiger partial charge in [-0.1, -0.05) is 22.9 Å². The molecule has 5 heteroatoms. The topological polar surface area (TPSA) is 38.2 Å². The normalized spacial score (nSPS) is 10.6. The zero-order chi connectivity index (χ0) is 12.7. The van der Waals surface area contributed by atoms with Gasteiger partial charge in [0, 0.05) is 30.7 Å². The van der Waals surface area contributed by atoms with E-state index in [0.717, 1.165) is 30.8 Å². The van der Waals surface area contributed by atoms with Crippen molar-refractivity contribution in [1.29, 1.82) is 0 Å². The molecule has 0 amide bonds. The van der Waals surface area contributed by atoms with Crippen LogP contribution in [0.25, 0.3) is 0 Å². The molecule has 0 unspecified atom stereocenters. The number of hydrogen-bond acceptors (Lipinski definition) is 4. The van der Waals surface area contributed by atoms with Crippen LogP contribution in [0, 0.1) is 0 Å². The number of nitrogens with zero attached hydrogens (tertiary/aromatic N) is 3. The van der Waals surface area contributed by atoms with Crippen molar-refractivity contribution < 1.29 is 4.74 Å². The summed E-state index contributed by atoms with van der Waals surface area (Å²) in [6, 6.07) is 1.79. The maximum absolute atomic E-state index is 5.57. The largest absolute Gasteiger partial charge is 0.475 e. The monoisotopic (exact) mass is 301 g/mol.